The lowest BCUT2D eigenvalue weighted by Crippen LogP contribution is -2.52. The van der Waals surface area contributed by atoms with E-state index in [0.29, 0.717) is 0 Å². The van der Waals surface area contributed by atoms with Crippen LogP contribution in [-0.4, -0.2) is 21.7 Å². The molecule has 0 aliphatic carbocycles. The molecule has 0 aliphatic rings. The van der Waals surface area contributed by atoms with Gasteiger partial charge in [0.1, 0.15) is 0 Å². The van der Waals surface area contributed by atoms with Crippen LogP contribution in [-0.2, 0) is 0 Å². The quantitative estimate of drug-likeness (QED) is 0.516. The monoisotopic (exact) mass is 135 g/mol. The molecule has 0 amide bonds. The third-order valence-corrected chi connectivity index (χ3v) is 1.58. The first-order chi connectivity index (χ1) is 3.25. The molecule has 0 aliphatic heterocycles. The molecule has 58 valence electrons. The highest BCUT2D eigenvalue weighted by atomic mass is 16.3. The smallest absolute Gasteiger partial charge is 0.0764 e. The van der Waals surface area contributed by atoms with E-state index in [1.165, 1.54) is 0 Å². The SMILES string of the molecule is CC(C)(N)C(C)(C)O.O. The summed E-state index contributed by atoms with van der Waals surface area (Å²) in [6, 6.07) is 0. The minimum atomic E-state index is -0.785. The van der Waals surface area contributed by atoms with Crippen LogP contribution in [0, 0.1) is 0 Å². The largest absolute Gasteiger partial charge is 0.412 e. The fourth-order valence-electron chi connectivity index (χ4n) is 0. The Kier molecular flexibility index (Phi) is 3.42. The van der Waals surface area contributed by atoms with Crippen LogP contribution in [0.5, 0.6) is 0 Å². The van der Waals surface area contributed by atoms with Gasteiger partial charge in [0, 0.05) is 5.54 Å². The highest BCUT2D eigenvalue weighted by Gasteiger charge is 2.30. The molecule has 0 spiro atoms. The van der Waals surface area contributed by atoms with Crippen LogP contribution >= 0.6 is 0 Å². The molecule has 3 nitrogen and oxygen atoms in total. The maximum absolute atomic E-state index is 9.23. The van der Waals surface area contributed by atoms with Crippen molar-refractivity contribution in [1.82, 2.24) is 0 Å². The van der Waals surface area contributed by atoms with E-state index < -0.39 is 11.1 Å². The van der Waals surface area contributed by atoms with Gasteiger partial charge in [0.05, 0.1) is 5.60 Å². The van der Waals surface area contributed by atoms with E-state index in [2.05, 4.69) is 0 Å². The van der Waals surface area contributed by atoms with Crippen molar-refractivity contribution in [3.05, 3.63) is 0 Å². The Balaban J connectivity index is 0. The van der Waals surface area contributed by atoms with Crippen LogP contribution in [0.2, 0.25) is 0 Å². The Bertz CT molecular complexity index is 66.0. The van der Waals surface area contributed by atoms with Crippen molar-refractivity contribution in [2.45, 2.75) is 38.8 Å². The van der Waals surface area contributed by atoms with Crippen LogP contribution in [0.25, 0.3) is 0 Å². The molecule has 9 heavy (non-hydrogen) atoms. The lowest BCUT2D eigenvalue weighted by atomic mass is 9.87. The van der Waals surface area contributed by atoms with Crippen molar-refractivity contribution in [2.75, 3.05) is 0 Å². The summed E-state index contributed by atoms with van der Waals surface area (Å²) in [5.74, 6) is 0. The number of hydrogen-bond acceptors (Lipinski definition) is 2. The van der Waals surface area contributed by atoms with Crippen LogP contribution < -0.4 is 5.73 Å². The third kappa shape index (κ3) is 3.46. The average Bonchev–Trinajstić information content (AvgIpc) is 1.25. The second kappa shape index (κ2) is 2.64. The summed E-state index contributed by atoms with van der Waals surface area (Å²) in [4.78, 5) is 0. The summed E-state index contributed by atoms with van der Waals surface area (Å²) in [7, 11) is 0. The van der Waals surface area contributed by atoms with E-state index in [9.17, 15) is 5.11 Å². The third-order valence-electron chi connectivity index (χ3n) is 1.58. The molecular formula is C6H17NO2. The molecule has 0 atom stereocenters. The van der Waals surface area contributed by atoms with Gasteiger partial charge in [-0.05, 0) is 27.7 Å². The number of aliphatic hydroxyl groups is 1. The van der Waals surface area contributed by atoms with Gasteiger partial charge in [0.25, 0.3) is 0 Å². The first-order valence-corrected chi connectivity index (χ1v) is 2.76. The van der Waals surface area contributed by atoms with Gasteiger partial charge in [0.15, 0.2) is 0 Å². The van der Waals surface area contributed by atoms with Crippen molar-refractivity contribution >= 4 is 0 Å². The van der Waals surface area contributed by atoms with Crippen LogP contribution in [0.3, 0.4) is 0 Å². The fraction of sp³-hybridized carbons (Fsp3) is 1.00. The lowest BCUT2D eigenvalue weighted by Gasteiger charge is -2.32. The van der Waals surface area contributed by atoms with Crippen LogP contribution in [0.1, 0.15) is 27.7 Å². The highest BCUT2D eigenvalue weighted by molar-refractivity contribution is 4.89. The molecule has 5 N–H and O–H groups in total. The molecule has 0 saturated carbocycles. The second-order valence-corrected chi connectivity index (χ2v) is 3.28. The number of nitrogens with two attached hydrogens (primary N) is 1. The maximum atomic E-state index is 9.23. The van der Waals surface area contributed by atoms with E-state index >= 15 is 0 Å². The van der Waals surface area contributed by atoms with Gasteiger partial charge in [-0.2, -0.15) is 0 Å². The van der Waals surface area contributed by atoms with Gasteiger partial charge in [-0.3, -0.25) is 0 Å². The first-order valence-electron chi connectivity index (χ1n) is 2.76. The molecule has 0 bridgehead atoms. The Morgan fingerprint density at radius 2 is 1.22 bits per heavy atom. The highest BCUT2D eigenvalue weighted by Crippen LogP contribution is 2.16. The molecule has 0 heterocycles. The second-order valence-electron chi connectivity index (χ2n) is 3.28. The topological polar surface area (TPSA) is 77.8 Å². The van der Waals surface area contributed by atoms with Crippen molar-refractivity contribution in [3.63, 3.8) is 0 Å². The number of rotatable bonds is 1. The van der Waals surface area contributed by atoms with E-state index in [1.807, 2.05) is 0 Å². The zero-order valence-electron chi connectivity index (χ0n) is 6.52. The Morgan fingerprint density at radius 1 is 1.11 bits per heavy atom. The molecule has 0 saturated heterocycles. The molecular weight excluding hydrogens is 118 g/mol. The zero-order valence-corrected chi connectivity index (χ0v) is 6.52. The standard InChI is InChI=1S/C6H15NO.H2O/c1-5(2,7)6(3,4)8;/h8H,7H2,1-4H3;1H2. The summed E-state index contributed by atoms with van der Waals surface area (Å²) in [6.45, 7) is 7.00. The first kappa shape index (κ1) is 11.6. The summed E-state index contributed by atoms with van der Waals surface area (Å²) in [6.07, 6.45) is 0. The molecule has 0 aromatic carbocycles. The van der Waals surface area contributed by atoms with E-state index in [-0.39, 0.29) is 5.48 Å². The average molecular weight is 135 g/mol. The van der Waals surface area contributed by atoms with Crippen molar-refractivity contribution in [3.8, 4) is 0 Å². The van der Waals surface area contributed by atoms with Crippen molar-refractivity contribution < 1.29 is 10.6 Å². The lowest BCUT2D eigenvalue weighted by molar-refractivity contribution is 0.0144. The summed E-state index contributed by atoms with van der Waals surface area (Å²) >= 11 is 0. The predicted molar refractivity (Wildman–Crippen MR) is 38.2 cm³/mol. The summed E-state index contributed by atoms with van der Waals surface area (Å²) in [5, 5.41) is 9.23. The van der Waals surface area contributed by atoms with Crippen LogP contribution in [0.15, 0.2) is 0 Å². The number of hydrogen-bond donors (Lipinski definition) is 2. The van der Waals surface area contributed by atoms with Gasteiger partial charge < -0.3 is 16.3 Å². The molecule has 0 fully saturated rings. The summed E-state index contributed by atoms with van der Waals surface area (Å²) < 4.78 is 0. The van der Waals surface area contributed by atoms with Gasteiger partial charge in [-0.1, -0.05) is 0 Å². The minimum absolute atomic E-state index is 0. The molecule has 3 heteroatoms. The van der Waals surface area contributed by atoms with E-state index in [4.69, 9.17) is 5.73 Å². The normalized spacial score (nSPS) is 12.7. The van der Waals surface area contributed by atoms with Gasteiger partial charge in [-0.15, -0.1) is 0 Å². The fourth-order valence-corrected chi connectivity index (χ4v) is 0. The Hall–Kier alpha value is -0.120. The predicted octanol–water partition coefficient (Wildman–Crippen LogP) is -0.330. The molecule has 0 unspecified atom stereocenters. The molecule has 0 aromatic heterocycles. The van der Waals surface area contributed by atoms with Crippen molar-refractivity contribution in [2.24, 2.45) is 5.73 Å². The molecule has 0 radical (unpaired) electrons. The minimum Gasteiger partial charge on any atom is -0.412 e. The zero-order chi connectivity index (χ0) is 7.00. The molecule has 0 rings (SSSR count). The van der Waals surface area contributed by atoms with Gasteiger partial charge in [0.2, 0.25) is 0 Å². The Labute approximate surface area is 56.2 Å². The maximum Gasteiger partial charge on any atom is 0.0764 e. The van der Waals surface area contributed by atoms with Crippen molar-refractivity contribution in [1.29, 1.82) is 0 Å². The van der Waals surface area contributed by atoms with Gasteiger partial charge >= 0.3 is 0 Å². The molecule has 0 aromatic rings. The summed E-state index contributed by atoms with van der Waals surface area (Å²) in [5.41, 5.74) is 4.27. The van der Waals surface area contributed by atoms with E-state index in [1.54, 1.807) is 27.7 Å². The van der Waals surface area contributed by atoms with E-state index in [0.717, 1.165) is 0 Å². The van der Waals surface area contributed by atoms with Gasteiger partial charge in [-0.25, -0.2) is 0 Å². The Morgan fingerprint density at radius 3 is 1.22 bits per heavy atom. The van der Waals surface area contributed by atoms with Crippen LogP contribution in [0.4, 0.5) is 0 Å².